The quantitative estimate of drug-likeness (QED) is 0.519. The number of non-ortho nitro benzene ring substituents is 1. The van der Waals surface area contributed by atoms with Crippen LogP contribution in [0.5, 0.6) is 5.75 Å². The summed E-state index contributed by atoms with van der Waals surface area (Å²) in [5.41, 5.74) is 2.27. The molecule has 0 saturated carbocycles. The fourth-order valence-corrected chi connectivity index (χ4v) is 3.12. The van der Waals surface area contributed by atoms with Crippen molar-refractivity contribution in [1.82, 2.24) is 5.16 Å². The molecule has 3 aromatic rings. The van der Waals surface area contributed by atoms with E-state index in [-0.39, 0.29) is 17.3 Å². The molecule has 0 atom stereocenters. The van der Waals surface area contributed by atoms with Crippen molar-refractivity contribution in [2.45, 2.75) is 6.42 Å². The van der Waals surface area contributed by atoms with E-state index < -0.39 is 4.92 Å². The molecule has 0 bridgehead atoms. The molecule has 0 N–H and O–H groups in total. The number of nitrogens with zero attached hydrogens (tertiary/aromatic N) is 3. The van der Waals surface area contributed by atoms with Crippen molar-refractivity contribution in [3.63, 3.8) is 0 Å². The summed E-state index contributed by atoms with van der Waals surface area (Å²) in [6.07, 6.45) is 0.639. The number of methoxy groups -OCH3 is 1. The lowest BCUT2D eigenvalue weighted by atomic mass is 10.1. The summed E-state index contributed by atoms with van der Waals surface area (Å²) in [5, 5.41) is 14.9. The van der Waals surface area contributed by atoms with Gasteiger partial charge in [0, 0.05) is 30.3 Å². The van der Waals surface area contributed by atoms with Crippen molar-refractivity contribution < 1.29 is 19.0 Å². The Kier molecular flexibility index (Phi) is 4.08. The summed E-state index contributed by atoms with van der Waals surface area (Å²) in [6, 6.07) is 13.3. The first kappa shape index (κ1) is 16.8. The highest BCUT2D eigenvalue weighted by molar-refractivity contribution is 6.06. The predicted molar refractivity (Wildman–Crippen MR) is 97.0 cm³/mol. The smallest absolute Gasteiger partial charge is 0.280 e. The van der Waals surface area contributed by atoms with Gasteiger partial charge in [-0.2, -0.15) is 0 Å². The fourth-order valence-electron chi connectivity index (χ4n) is 3.12. The molecule has 8 nitrogen and oxygen atoms in total. The minimum atomic E-state index is -0.474. The van der Waals surface area contributed by atoms with Crippen LogP contribution in [0.4, 0.5) is 11.4 Å². The summed E-state index contributed by atoms with van der Waals surface area (Å²) in [4.78, 5) is 24.9. The van der Waals surface area contributed by atoms with E-state index in [4.69, 9.17) is 9.26 Å². The van der Waals surface area contributed by atoms with Crippen molar-refractivity contribution in [2.24, 2.45) is 0 Å². The minimum Gasteiger partial charge on any atom is -0.497 e. The number of hydrogen-bond donors (Lipinski definition) is 0. The van der Waals surface area contributed by atoms with Gasteiger partial charge < -0.3 is 14.2 Å². The van der Waals surface area contributed by atoms with Crippen LogP contribution in [0.1, 0.15) is 16.1 Å². The first-order valence-corrected chi connectivity index (χ1v) is 8.27. The van der Waals surface area contributed by atoms with Crippen LogP contribution >= 0.6 is 0 Å². The van der Waals surface area contributed by atoms with Gasteiger partial charge >= 0.3 is 0 Å². The van der Waals surface area contributed by atoms with Gasteiger partial charge in [-0.15, -0.1) is 0 Å². The van der Waals surface area contributed by atoms with Gasteiger partial charge in [0.15, 0.2) is 11.5 Å². The average molecular weight is 365 g/mol. The van der Waals surface area contributed by atoms with E-state index in [9.17, 15) is 14.9 Å². The number of amides is 1. The number of carbonyl (C=O) groups is 1. The molecule has 0 unspecified atom stereocenters. The first-order valence-electron chi connectivity index (χ1n) is 8.27. The van der Waals surface area contributed by atoms with Crippen LogP contribution in [0.3, 0.4) is 0 Å². The minimum absolute atomic E-state index is 0.0503. The number of aromatic nitrogens is 1. The summed E-state index contributed by atoms with van der Waals surface area (Å²) in [7, 11) is 1.57. The van der Waals surface area contributed by atoms with Gasteiger partial charge in [-0.1, -0.05) is 23.4 Å². The van der Waals surface area contributed by atoms with Crippen LogP contribution in [0.15, 0.2) is 53.1 Å². The standard InChI is InChI=1S/C19H15N3O5/c1-26-15-4-2-3-13(9-15)18-11-16(20-27-18)19(23)21-8-7-12-5-6-14(22(24)25)10-17(12)21/h2-6,9-11H,7-8H2,1H3. The highest BCUT2D eigenvalue weighted by atomic mass is 16.6. The molecule has 2 aromatic carbocycles. The summed E-state index contributed by atoms with van der Waals surface area (Å²) >= 11 is 0. The van der Waals surface area contributed by atoms with Gasteiger partial charge in [-0.3, -0.25) is 14.9 Å². The van der Waals surface area contributed by atoms with Crippen LogP contribution in [0, 0.1) is 10.1 Å². The Balaban J connectivity index is 1.63. The number of anilines is 1. The van der Waals surface area contributed by atoms with E-state index in [0.29, 0.717) is 30.2 Å². The third-order valence-electron chi connectivity index (χ3n) is 4.50. The fraction of sp³-hybridized carbons (Fsp3) is 0.158. The number of rotatable bonds is 4. The highest BCUT2D eigenvalue weighted by Crippen LogP contribution is 2.33. The molecule has 27 heavy (non-hydrogen) atoms. The Bertz CT molecular complexity index is 1040. The lowest BCUT2D eigenvalue weighted by molar-refractivity contribution is -0.384. The molecule has 8 heteroatoms. The molecular weight excluding hydrogens is 350 g/mol. The summed E-state index contributed by atoms with van der Waals surface area (Å²) in [5.74, 6) is 0.750. The zero-order valence-electron chi connectivity index (χ0n) is 14.4. The molecule has 1 aliphatic heterocycles. The Morgan fingerprint density at radius 1 is 1.26 bits per heavy atom. The largest absolute Gasteiger partial charge is 0.497 e. The van der Waals surface area contributed by atoms with E-state index in [0.717, 1.165) is 11.1 Å². The summed E-state index contributed by atoms with van der Waals surface area (Å²) in [6.45, 7) is 0.441. The number of nitro groups is 1. The normalized spacial score (nSPS) is 12.7. The SMILES string of the molecule is COc1cccc(-c2cc(C(=O)N3CCc4ccc([N+](=O)[O-])cc43)no2)c1. The van der Waals surface area contributed by atoms with Crippen LogP contribution in [-0.2, 0) is 6.42 Å². The number of carbonyl (C=O) groups excluding carboxylic acids is 1. The Labute approximate surface area is 154 Å². The predicted octanol–water partition coefficient (Wildman–Crippen LogP) is 3.46. The number of benzene rings is 2. The van der Waals surface area contributed by atoms with E-state index in [1.165, 1.54) is 17.0 Å². The Morgan fingerprint density at radius 3 is 2.89 bits per heavy atom. The van der Waals surface area contributed by atoms with Crippen LogP contribution < -0.4 is 9.64 Å². The van der Waals surface area contributed by atoms with Gasteiger partial charge in [0.25, 0.3) is 11.6 Å². The zero-order valence-corrected chi connectivity index (χ0v) is 14.4. The number of hydrogen-bond acceptors (Lipinski definition) is 6. The second-order valence-corrected chi connectivity index (χ2v) is 6.09. The van der Waals surface area contributed by atoms with E-state index in [2.05, 4.69) is 5.16 Å². The Morgan fingerprint density at radius 2 is 2.11 bits per heavy atom. The second-order valence-electron chi connectivity index (χ2n) is 6.09. The molecule has 0 saturated heterocycles. The van der Waals surface area contributed by atoms with E-state index in [1.54, 1.807) is 31.4 Å². The van der Waals surface area contributed by atoms with E-state index >= 15 is 0 Å². The third kappa shape index (κ3) is 3.01. The lowest BCUT2D eigenvalue weighted by Crippen LogP contribution is -2.29. The average Bonchev–Trinajstić information content (AvgIpc) is 3.34. The number of fused-ring (bicyclic) bond motifs is 1. The first-order chi connectivity index (χ1) is 13.1. The topological polar surface area (TPSA) is 98.7 Å². The molecule has 0 radical (unpaired) electrons. The molecule has 1 amide bonds. The molecule has 1 aromatic heterocycles. The molecule has 0 aliphatic carbocycles. The zero-order chi connectivity index (χ0) is 19.0. The van der Waals surface area contributed by atoms with Gasteiger partial charge in [0.05, 0.1) is 17.7 Å². The van der Waals surface area contributed by atoms with Crippen LogP contribution in [0.25, 0.3) is 11.3 Å². The van der Waals surface area contributed by atoms with Gasteiger partial charge in [0.1, 0.15) is 5.75 Å². The third-order valence-corrected chi connectivity index (χ3v) is 4.50. The molecule has 1 aliphatic rings. The molecule has 0 fully saturated rings. The van der Waals surface area contributed by atoms with Crippen molar-refractivity contribution in [2.75, 3.05) is 18.6 Å². The maximum Gasteiger partial charge on any atom is 0.280 e. The molecule has 0 spiro atoms. The van der Waals surface area contributed by atoms with Crippen LogP contribution in [-0.4, -0.2) is 29.6 Å². The molecular formula is C19H15N3O5. The second kappa shape index (κ2) is 6.56. The van der Waals surface area contributed by atoms with Crippen LogP contribution in [0.2, 0.25) is 0 Å². The number of ether oxygens (including phenoxy) is 1. The maximum absolute atomic E-state index is 12.9. The van der Waals surface area contributed by atoms with Gasteiger partial charge in [0.2, 0.25) is 0 Å². The van der Waals surface area contributed by atoms with Gasteiger partial charge in [-0.05, 0) is 24.1 Å². The van der Waals surface area contributed by atoms with Crippen molar-refractivity contribution in [3.8, 4) is 17.1 Å². The lowest BCUT2D eigenvalue weighted by Gasteiger charge is -2.15. The molecule has 4 rings (SSSR count). The molecule has 136 valence electrons. The monoisotopic (exact) mass is 365 g/mol. The van der Waals surface area contributed by atoms with Crippen molar-refractivity contribution in [1.29, 1.82) is 0 Å². The van der Waals surface area contributed by atoms with Gasteiger partial charge in [-0.25, -0.2) is 0 Å². The number of nitro benzene ring substituents is 1. The molecule has 2 heterocycles. The Hall–Kier alpha value is -3.68. The van der Waals surface area contributed by atoms with Crippen molar-refractivity contribution >= 4 is 17.3 Å². The summed E-state index contributed by atoms with van der Waals surface area (Å²) < 4.78 is 10.5. The van der Waals surface area contributed by atoms with E-state index in [1.807, 2.05) is 12.1 Å². The maximum atomic E-state index is 12.9. The van der Waals surface area contributed by atoms with Crippen molar-refractivity contribution in [3.05, 3.63) is 69.9 Å². The highest BCUT2D eigenvalue weighted by Gasteiger charge is 2.29.